The van der Waals surface area contributed by atoms with Crippen LogP contribution in [0.3, 0.4) is 0 Å². The molecule has 1 aromatic carbocycles. The number of hydrogen-bond donors (Lipinski definition) is 3. The van der Waals surface area contributed by atoms with E-state index in [1.165, 1.54) is 6.33 Å². The van der Waals surface area contributed by atoms with Gasteiger partial charge in [-0.2, -0.15) is 5.26 Å². The fraction of sp³-hybridized carbons (Fsp3) is 0. The maximum Gasteiger partial charge on any atom is 0.145 e. The Morgan fingerprint density at radius 1 is 1.22 bits per heavy atom. The van der Waals surface area contributed by atoms with E-state index in [4.69, 9.17) is 22.7 Å². The number of hydrogen-bond acceptors (Lipinski definition) is 6. The van der Waals surface area contributed by atoms with Gasteiger partial charge in [0.1, 0.15) is 24.0 Å². The molecule has 0 aliphatic carbocycles. The van der Waals surface area contributed by atoms with Crippen molar-refractivity contribution in [2.24, 2.45) is 5.84 Å². The van der Waals surface area contributed by atoms with Crippen LogP contribution in [0.25, 0.3) is 0 Å². The van der Waals surface area contributed by atoms with Gasteiger partial charge in [-0.05, 0) is 18.2 Å². The van der Waals surface area contributed by atoms with E-state index in [0.717, 1.165) is 0 Å². The number of nitrogens with two attached hydrogens (primary N) is 1. The normalized spacial score (nSPS) is 9.61. The van der Waals surface area contributed by atoms with E-state index in [2.05, 4.69) is 26.8 Å². The van der Waals surface area contributed by atoms with Crippen molar-refractivity contribution in [2.45, 2.75) is 0 Å². The summed E-state index contributed by atoms with van der Waals surface area (Å²) in [6.45, 7) is 0. The van der Waals surface area contributed by atoms with E-state index >= 15 is 0 Å². The number of nitrogens with one attached hydrogen (secondary N) is 2. The lowest BCUT2D eigenvalue weighted by Crippen LogP contribution is -2.09. The molecule has 0 saturated heterocycles. The molecule has 0 aliphatic heterocycles. The Balaban J connectivity index is 2.33. The SMILES string of the molecule is N#Cc1ccc(Cl)cc1Nc1cc(NN)ncn1. The zero-order valence-corrected chi connectivity index (χ0v) is 9.94. The molecule has 0 spiro atoms. The van der Waals surface area contributed by atoms with Gasteiger partial charge in [-0.15, -0.1) is 0 Å². The Kier molecular flexibility index (Phi) is 3.57. The van der Waals surface area contributed by atoms with Gasteiger partial charge in [0, 0.05) is 11.1 Å². The van der Waals surface area contributed by atoms with Crippen molar-refractivity contribution >= 4 is 28.9 Å². The van der Waals surface area contributed by atoms with E-state index < -0.39 is 0 Å². The first-order chi connectivity index (χ1) is 8.72. The fourth-order valence-corrected chi connectivity index (χ4v) is 1.53. The molecule has 0 aliphatic rings. The minimum atomic E-state index is 0.466. The second-order valence-electron chi connectivity index (χ2n) is 3.36. The van der Waals surface area contributed by atoms with Crippen LogP contribution in [0.1, 0.15) is 5.56 Å². The van der Waals surface area contributed by atoms with Gasteiger partial charge in [-0.1, -0.05) is 11.6 Å². The second kappa shape index (κ2) is 5.31. The van der Waals surface area contributed by atoms with Crippen molar-refractivity contribution in [3.8, 4) is 6.07 Å². The molecule has 4 N–H and O–H groups in total. The summed E-state index contributed by atoms with van der Waals surface area (Å²) < 4.78 is 0. The van der Waals surface area contributed by atoms with Gasteiger partial charge in [-0.3, -0.25) is 0 Å². The van der Waals surface area contributed by atoms with E-state index in [0.29, 0.717) is 27.9 Å². The van der Waals surface area contributed by atoms with Crippen molar-refractivity contribution in [1.29, 1.82) is 5.26 Å². The minimum Gasteiger partial charge on any atom is -0.339 e. The van der Waals surface area contributed by atoms with E-state index in [1.807, 2.05) is 0 Å². The predicted molar refractivity (Wildman–Crippen MR) is 69.3 cm³/mol. The van der Waals surface area contributed by atoms with Crippen LogP contribution < -0.4 is 16.6 Å². The first-order valence-electron chi connectivity index (χ1n) is 4.98. The van der Waals surface area contributed by atoms with Gasteiger partial charge in [0.05, 0.1) is 11.3 Å². The average Bonchev–Trinajstić information content (AvgIpc) is 2.39. The molecule has 1 aromatic heterocycles. The first kappa shape index (κ1) is 12.1. The number of nitriles is 1. The molecule has 0 bridgehead atoms. The van der Waals surface area contributed by atoms with Crippen LogP contribution in [0.2, 0.25) is 5.02 Å². The van der Waals surface area contributed by atoms with E-state index in [9.17, 15) is 0 Å². The Morgan fingerprint density at radius 3 is 2.72 bits per heavy atom. The minimum absolute atomic E-state index is 0.466. The molecule has 0 radical (unpaired) electrons. The monoisotopic (exact) mass is 260 g/mol. The Labute approximate surface area is 108 Å². The van der Waals surface area contributed by atoms with Gasteiger partial charge < -0.3 is 10.7 Å². The van der Waals surface area contributed by atoms with Crippen LogP contribution in [0, 0.1) is 11.3 Å². The number of aromatic nitrogens is 2. The van der Waals surface area contributed by atoms with E-state index in [-0.39, 0.29) is 0 Å². The van der Waals surface area contributed by atoms with Crippen LogP contribution in [0.4, 0.5) is 17.3 Å². The highest BCUT2D eigenvalue weighted by Gasteiger charge is 2.05. The van der Waals surface area contributed by atoms with Gasteiger partial charge in [-0.25, -0.2) is 15.8 Å². The highest BCUT2D eigenvalue weighted by Crippen LogP contribution is 2.23. The average molecular weight is 261 g/mol. The molecular weight excluding hydrogens is 252 g/mol. The number of anilines is 3. The largest absolute Gasteiger partial charge is 0.339 e. The summed E-state index contributed by atoms with van der Waals surface area (Å²) in [5.74, 6) is 6.23. The molecule has 18 heavy (non-hydrogen) atoms. The van der Waals surface area contributed by atoms with Crippen molar-refractivity contribution < 1.29 is 0 Å². The molecule has 0 amide bonds. The number of benzene rings is 1. The summed E-state index contributed by atoms with van der Waals surface area (Å²) >= 11 is 5.88. The molecule has 90 valence electrons. The second-order valence-corrected chi connectivity index (χ2v) is 3.80. The third-order valence-corrected chi connectivity index (χ3v) is 2.41. The summed E-state index contributed by atoms with van der Waals surface area (Å²) in [6.07, 6.45) is 1.36. The molecule has 2 aromatic rings. The lowest BCUT2D eigenvalue weighted by Gasteiger charge is -2.08. The van der Waals surface area contributed by atoms with Gasteiger partial charge in [0.2, 0.25) is 0 Å². The quantitative estimate of drug-likeness (QED) is 0.577. The molecular formula is C11H9ClN6. The molecule has 0 saturated carbocycles. The Morgan fingerprint density at radius 2 is 2.00 bits per heavy atom. The predicted octanol–water partition coefficient (Wildman–Crippen LogP) is 2.03. The van der Waals surface area contributed by atoms with Gasteiger partial charge in [0.15, 0.2) is 0 Å². The van der Waals surface area contributed by atoms with Crippen LogP contribution in [0.5, 0.6) is 0 Å². The van der Waals surface area contributed by atoms with Crippen molar-refractivity contribution in [3.05, 3.63) is 41.2 Å². The summed E-state index contributed by atoms with van der Waals surface area (Å²) in [5, 5.41) is 12.5. The van der Waals surface area contributed by atoms with Crippen LogP contribution in [0.15, 0.2) is 30.6 Å². The van der Waals surface area contributed by atoms with Crippen LogP contribution in [-0.4, -0.2) is 9.97 Å². The number of halogens is 1. The van der Waals surface area contributed by atoms with Gasteiger partial charge in [0.25, 0.3) is 0 Å². The maximum absolute atomic E-state index is 8.99. The first-order valence-corrected chi connectivity index (χ1v) is 5.36. The summed E-state index contributed by atoms with van der Waals surface area (Å²) in [6, 6.07) is 8.61. The van der Waals surface area contributed by atoms with Crippen LogP contribution >= 0.6 is 11.6 Å². The molecule has 1 heterocycles. The number of rotatable bonds is 3. The van der Waals surface area contributed by atoms with Crippen molar-refractivity contribution in [2.75, 3.05) is 10.7 Å². The molecule has 0 unspecified atom stereocenters. The number of hydrazine groups is 1. The molecule has 2 rings (SSSR count). The summed E-state index contributed by atoms with van der Waals surface area (Å²) in [5.41, 5.74) is 3.46. The molecule has 0 atom stereocenters. The summed E-state index contributed by atoms with van der Waals surface area (Å²) in [7, 11) is 0. The topological polar surface area (TPSA) is 99.7 Å². The lowest BCUT2D eigenvalue weighted by atomic mass is 10.2. The van der Waals surface area contributed by atoms with Crippen molar-refractivity contribution in [3.63, 3.8) is 0 Å². The highest BCUT2D eigenvalue weighted by molar-refractivity contribution is 6.30. The smallest absolute Gasteiger partial charge is 0.145 e. The Bertz CT molecular complexity index is 607. The lowest BCUT2D eigenvalue weighted by molar-refractivity contribution is 1.14. The number of nitrogen functional groups attached to an aromatic ring is 1. The molecule has 7 heteroatoms. The van der Waals surface area contributed by atoms with Crippen LogP contribution in [-0.2, 0) is 0 Å². The van der Waals surface area contributed by atoms with Crippen molar-refractivity contribution in [1.82, 2.24) is 9.97 Å². The third-order valence-electron chi connectivity index (χ3n) is 2.18. The van der Waals surface area contributed by atoms with Gasteiger partial charge >= 0.3 is 0 Å². The molecule has 0 fully saturated rings. The standard InChI is InChI=1S/C11H9ClN6/c12-8-2-1-7(5-13)9(3-8)17-10-4-11(18-14)16-6-15-10/h1-4,6H,14H2,(H2,15,16,17,18). The zero-order chi connectivity index (χ0) is 13.0. The summed E-state index contributed by atoms with van der Waals surface area (Å²) in [4.78, 5) is 7.90. The maximum atomic E-state index is 8.99. The Hall–Kier alpha value is -2.36. The zero-order valence-electron chi connectivity index (χ0n) is 9.18. The van der Waals surface area contributed by atoms with E-state index in [1.54, 1.807) is 24.3 Å². The highest BCUT2D eigenvalue weighted by atomic mass is 35.5. The third kappa shape index (κ3) is 2.66. The molecule has 6 nitrogen and oxygen atoms in total. The number of nitrogens with zero attached hydrogens (tertiary/aromatic N) is 3. The fourth-order valence-electron chi connectivity index (χ4n) is 1.36.